The summed E-state index contributed by atoms with van der Waals surface area (Å²) in [5.74, 6) is -0.329. The van der Waals surface area contributed by atoms with Gasteiger partial charge in [0.2, 0.25) is 0 Å². The summed E-state index contributed by atoms with van der Waals surface area (Å²) in [5, 5.41) is 4.10. The van der Waals surface area contributed by atoms with Gasteiger partial charge in [0.05, 0.1) is 7.11 Å². The zero-order valence-corrected chi connectivity index (χ0v) is 15.9. The van der Waals surface area contributed by atoms with Crippen LogP contribution in [0.4, 0.5) is 0 Å². The van der Waals surface area contributed by atoms with Crippen molar-refractivity contribution in [3.8, 4) is 5.75 Å². The molecule has 4 rings (SSSR count). The number of nitrogens with two attached hydrogens (primary N) is 1. The van der Waals surface area contributed by atoms with Crippen molar-refractivity contribution in [2.24, 2.45) is 22.2 Å². The van der Waals surface area contributed by atoms with Crippen LogP contribution in [0.5, 0.6) is 5.75 Å². The first kappa shape index (κ1) is 18.2. The van der Waals surface area contributed by atoms with E-state index in [-0.39, 0.29) is 29.9 Å². The molecule has 1 aliphatic carbocycles. The van der Waals surface area contributed by atoms with E-state index in [9.17, 15) is 9.59 Å². The first-order valence-electron chi connectivity index (χ1n) is 9.35. The van der Waals surface area contributed by atoms with Gasteiger partial charge in [-0.25, -0.2) is 5.43 Å². The Morgan fingerprint density at radius 2 is 1.75 bits per heavy atom. The number of amidine groups is 1. The van der Waals surface area contributed by atoms with Crippen molar-refractivity contribution < 1.29 is 14.3 Å². The molecular weight excluding hydrogens is 354 g/mol. The summed E-state index contributed by atoms with van der Waals surface area (Å²) in [6, 6.07) is 17.1. The lowest BCUT2D eigenvalue weighted by Gasteiger charge is -2.47. The van der Waals surface area contributed by atoms with Crippen molar-refractivity contribution in [2.75, 3.05) is 7.11 Å². The molecular formula is C22H23N3O3. The van der Waals surface area contributed by atoms with E-state index in [1.165, 1.54) is 0 Å². The standard InChI is InChI=1S/C22H23N3O3/c1-13-18(26)12-17(14-8-10-16(28-2)11-9-14)22(20(23)24-25-21(22)27)19(13)15-6-4-3-5-7-15/h3-11,13,17,19H,12H2,1-2H3,(H2,23,24)(H,25,27)/t13-,17+,19-,22?/m0/s1. The van der Waals surface area contributed by atoms with E-state index in [0.29, 0.717) is 5.75 Å². The topological polar surface area (TPSA) is 93.8 Å². The van der Waals surface area contributed by atoms with E-state index in [0.717, 1.165) is 11.1 Å². The molecule has 4 atom stereocenters. The molecule has 0 aromatic heterocycles. The van der Waals surface area contributed by atoms with Gasteiger partial charge < -0.3 is 10.5 Å². The molecule has 28 heavy (non-hydrogen) atoms. The molecule has 1 aliphatic heterocycles. The third-order valence-corrected chi connectivity index (χ3v) is 6.21. The number of ether oxygens (including phenoxy) is 1. The maximum atomic E-state index is 13.3. The fraction of sp³-hybridized carbons (Fsp3) is 0.318. The maximum absolute atomic E-state index is 13.3. The number of hydrazone groups is 1. The molecule has 2 aromatic carbocycles. The third-order valence-electron chi connectivity index (χ3n) is 6.21. The van der Waals surface area contributed by atoms with E-state index < -0.39 is 17.3 Å². The van der Waals surface area contributed by atoms with Crippen molar-refractivity contribution in [2.45, 2.75) is 25.2 Å². The number of nitrogens with one attached hydrogen (secondary N) is 1. The molecule has 1 fully saturated rings. The first-order chi connectivity index (χ1) is 13.5. The molecule has 6 heteroatoms. The highest BCUT2D eigenvalue weighted by molar-refractivity contribution is 6.14. The predicted octanol–water partition coefficient (Wildman–Crippen LogP) is 2.56. The summed E-state index contributed by atoms with van der Waals surface area (Å²) in [4.78, 5) is 26.3. The molecule has 1 amide bonds. The monoisotopic (exact) mass is 377 g/mol. The summed E-state index contributed by atoms with van der Waals surface area (Å²) in [7, 11) is 1.60. The Hall–Kier alpha value is -3.15. The van der Waals surface area contributed by atoms with Crippen LogP contribution in [0.15, 0.2) is 59.7 Å². The first-order valence-corrected chi connectivity index (χ1v) is 9.35. The highest BCUT2D eigenvalue weighted by Crippen LogP contribution is 2.57. The lowest BCUT2D eigenvalue weighted by atomic mass is 9.52. The van der Waals surface area contributed by atoms with Crippen LogP contribution < -0.4 is 15.9 Å². The van der Waals surface area contributed by atoms with Crippen LogP contribution in [0.2, 0.25) is 0 Å². The second-order valence-electron chi connectivity index (χ2n) is 7.48. The van der Waals surface area contributed by atoms with Gasteiger partial charge in [0.25, 0.3) is 5.91 Å². The zero-order valence-electron chi connectivity index (χ0n) is 15.9. The number of Topliss-reactive ketones (excluding diaryl/α,β-unsaturated/α-hetero) is 1. The van der Waals surface area contributed by atoms with Crippen LogP contribution in [-0.2, 0) is 9.59 Å². The number of rotatable bonds is 3. The van der Waals surface area contributed by atoms with E-state index in [1.807, 2.05) is 61.5 Å². The normalized spacial score (nSPS) is 29.5. The van der Waals surface area contributed by atoms with Gasteiger partial charge in [0.1, 0.15) is 22.8 Å². The Morgan fingerprint density at radius 1 is 1.07 bits per heavy atom. The number of ketones is 1. The van der Waals surface area contributed by atoms with Crippen LogP contribution >= 0.6 is 0 Å². The number of hydrogen-bond donors (Lipinski definition) is 2. The summed E-state index contributed by atoms with van der Waals surface area (Å²) >= 11 is 0. The second kappa shape index (κ2) is 6.78. The molecule has 3 N–H and O–H groups in total. The SMILES string of the molecule is COc1ccc([C@H]2CC(=O)[C@H](C)[C@@H](c3ccccc3)C23C(=O)NN=C3N)cc1. The summed E-state index contributed by atoms with van der Waals surface area (Å²) < 4.78 is 5.25. The van der Waals surface area contributed by atoms with E-state index in [1.54, 1.807) is 7.11 Å². The lowest BCUT2D eigenvalue weighted by molar-refractivity contribution is -0.136. The highest BCUT2D eigenvalue weighted by Gasteiger charge is 2.63. The van der Waals surface area contributed by atoms with Crippen molar-refractivity contribution in [1.82, 2.24) is 5.43 Å². The molecule has 1 saturated carbocycles. The van der Waals surface area contributed by atoms with E-state index in [2.05, 4.69) is 10.5 Å². The molecule has 1 heterocycles. The van der Waals surface area contributed by atoms with Crippen LogP contribution in [-0.4, -0.2) is 24.6 Å². The molecule has 1 spiro atoms. The smallest absolute Gasteiger partial charge is 0.255 e. The van der Waals surface area contributed by atoms with Crippen molar-refractivity contribution in [3.63, 3.8) is 0 Å². The molecule has 0 saturated heterocycles. The van der Waals surface area contributed by atoms with Gasteiger partial charge in [-0.3, -0.25) is 9.59 Å². The predicted molar refractivity (Wildman–Crippen MR) is 106 cm³/mol. The summed E-state index contributed by atoms with van der Waals surface area (Å²) in [6.45, 7) is 1.88. The maximum Gasteiger partial charge on any atom is 0.255 e. The average molecular weight is 377 g/mol. The van der Waals surface area contributed by atoms with Crippen molar-refractivity contribution >= 4 is 17.5 Å². The molecule has 2 aromatic rings. The summed E-state index contributed by atoms with van der Waals surface area (Å²) in [6.07, 6.45) is 0.237. The molecule has 1 unspecified atom stereocenters. The number of benzene rings is 2. The molecule has 6 nitrogen and oxygen atoms in total. The van der Waals surface area contributed by atoms with Gasteiger partial charge >= 0.3 is 0 Å². The Labute approximate surface area is 163 Å². The molecule has 0 bridgehead atoms. The number of amides is 1. The second-order valence-corrected chi connectivity index (χ2v) is 7.48. The number of hydrogen-bond acceptors (Lipinski definition) is 5. The van der Waals surface area contributed by atoms with Gasteiger partial charge in [-0.05, 0) is 23.3 Å². The minimum absolute atomic E-state index is 0.118. The van der Waals surface area contributed by atoms with Gasteiger partial charge in [0, 0.05) is 24.2 Å². The van der Waals surface area contributed by atoms with E-state index in [4.69, 9.17) is 10.5 Å². The Balaban J connectivity index is 1.93. The minimum Gasteiger partial charge on any atom is -0.497 e. The summed E-state index contributed by atoms with van der Waals surface area (Å²) in [5.41, 5.74) is 9.64. The van der Waals surface area contributed by atoms with Gasteiger partial charge in [-0.15, -0.1) is 0 Å². The number of methoxy groups -OCH3 is 1. The van der Waals surface area contributed by atoms with E-state index >= 15 is 0 Å². The average Bonchev–Trinajstić information content (AvgIpc) is 3.01. The van der Waals surface area contributed by atoms with Crippen molar-refractivity contribution in [3.05, 3.63) is 65.7 Å². The molecule has 0 radical (unpaired) electrons. The third kappa shape index (κ3) is 2.52. The lowest BCUT2D eigenvalue weighted by Crippen LogP contribution is -2.56. The fourth-order valence-corrected chi connectivity index (χ4v) is 4.82. The fourth-order valence-electron chi connectivity index (χ4n) is 4.82. The van der Waals surface area contributed by atoms with Crippen LogP contribution in [0.3, 0.4) is 0 Å². The van der Waals surface area contributed by atoms with Crippen LogP contribution in [0.1, 0.15) is 36.3 Å². The Morgan fingerprint density at radius 3 is 2.32 bits per heavy atom. The van der Waals surface area contributed by atoms with Crippen LogP contribution in [0, 0.1) is 11.3 Å². The molecule has 144 valence electrons. The van der Waals surface area contributed by atoms with Crippen molar-refractivity contribution in [1.29, 1.82) is 0 Å². The van der Waals surface area contributed by atoms with Gasteiger partial charge in [-0.1, -0.05) is 49.4 Å². The Kier molecular flexibility index (Phi) is 4.41. The Bertz CT molecular complexity index is 939. The number of nitrogens with zero attached hydrogens (tertiary/aromatic N) is 1. The van der Waals surface area contributed by atoms with Gasteiger partial charge in [-0.2, -0.15) is 5.10 Å². The largest absolute Gasteiger partial charge is 0.497 e. The quantitative estimate of drug-likeness (QED) is 0.860. The molecule has 2 aliphatic rings. The van der Waals surface area contributed by atoms with Crippen LogP contribution in [0.25, 0.3) is 0 Å². The number of carbonyl (C=O) groups is 2. The number of carbonyl (C=O) groups excluding carboxylic acids is 2. The zero-order chi connectivity index (χ0) is 19.9. The minimum atomic E-state index is -1.11. The highest BCUT2D eigenvalue weighted by atomic mass is 16.5. The van der Waals surface area contributed by atoms with Gasteiger partial charge in [0.15, 0.2) is 0 Å².